The minimum atomic E-state index is -1.27. The third-order valence-electron chi connectivity index (χ3n) is 3.82. The molecule has 0 heterocycles. The lowest BCUT2D eigenvalue weighted by molar-refractivity contribution is -0.144. The van der Waals surface area contributed by atoms with Gasteiger partial charge in [-0.3, -0.25) is 19.3 Å². The van der Waals surface area contributed by atoms with E-state index in [1.54, 1.807) is 25.1 Å². The van der Waals surface area contributed by atoms with Gasteiger partial charge in [-0.05, 0) is 65.2 Å². The van der Waals surface area contributed by atoms with Crippen molar-refractivity contribution in [2.75, 3.05) is 11.4 Å². The first kappa shape index (κ1) is 23.0. The van der Waals surface area contributed by atoms with E-state index in [4.69, 9.17) is 4.74 Å². The first-order valence-electron chi connectivity index (χ1n) is 8.58. The molecule has 0 radical (unpaired) electrons. The molecule has 0 saturated carbocycles. The number of aliphatic carboxylic acids is 1. The molecular formula is C20H18Br2FNO5. The number of carboxylic acid groups (broad SMARTS) is 1. The number of hydrogen-bond acceptors (Lipinski definition) is 4. The Morgan fingerprint density at radius 3 is 2.55 bits per heavy atom. The average Bonchev–Trinajstić information content (AvgIpc) is 2.64. The molecule has 6 nitrogen and oxygen atoms in total. The van der Waals surface area contributed by atoms with Crippen molar-refractivity contribution < 1.29 is 28.6 Å². The molecule has 29 heavy (non-hydrogen) atoms. The van der Waals surface area contributed by atoms with Crippen molar-refractivity contribution in [1.29, 1.82) is 0 Å². The number of benzene rings is 2. The molecule has 1 N–H and O–H groups in total. The van der Waals surface area contributed by atoms with Gasteiger partial charge < -0.3 is 9.84 Å². The topological polar surface area (TPSA) is 83.9 Å². The van der Waals surface area contributed by atoms with Crippen LogP contribution >= 0.6 is 31.9 Å². The minimum absolute atomic E-state index is 0.119. The van der Waals surface area contributed by atoms with E-state index >= 15 is 0 Å². The molecule has 0 aliphatic rings. The number of carboxylic acids is 1. The molecule has 1 unspecified atom stereocenters. The van der Waals surface area contributed by atoms with Crippen LogP contribution in [0.5, 0.6) is 0 Å². The Bertz CT molecular complexity index is 919. The van der Waals surface area contributed by atoms with E-state index in [1.165, 1.54) is 18.2 Å². The van der Waals surface area contributed by atoms with E-state index in [-0.39, 0.29) is 17.7 Å². The second-order valence-electron chi connectivity index (χ2n) is 6.11. The van der Waals surface area contributed by atoms with Crippen LogP contribution in [0.25, 0.3) is 0 Å². The van der Waals surface area contributed by atoms with Crippen molar-refractivity contribution in [1.82, 2.24) is 0 Å². The Hall–Kier alpha value is -2.26. The number of hydrogen-bond donors (Lipinski definition) is 1. The fourth-order valence-electron chi connectivity index (χ4n) is 2.60. The summed E-state index contributed by atoms with van der Waals surface area (Å²) in [5.74, 6) is -3.05. The van der Waals surface area contributed by atoms with Gasteiger partial charge in [-0.15, -0.1) is 0 Å². The van der Waals surface area contributed by atoms with E-state index < -0.39 is 35.2 Å². The maximum Gasteiger partial charge on any atom is 0.323 e. The minimum Gasteiger partial charge on any atom is -0.480 e. The van der Waals surface area contributed by atoms with Crippen molar-refractivity contribution in [2.45, 2.75) is 24.8 Å². The highest BCUT2D eigenvalue weighted by molar-refractivity contribution is 9.10. The van der Waals surface area contributed by atoms with E-state index in [0.717, 1.165) is 11.0 Å². The SMILES string of the molecule is CC(Br)OC(=O)CCc1cccc(C(=O)N(CC(=O)O)c2ccc(Br)cc2F)c1. The second-order valence-corrected chi connectivity index (χ2v) is 8.32. The number of nitrogens with zero attached hydrogens (tertiary/aromatic N) is 1. The van der Waals surface area contributed by atoms with E-state index in [9.17, 15) is 23.9 Å². The fourth-order valence-corrected chi connectivity index (χ4v) is 3.15. The molecule has 0 aliphatic carbocycles. The summed E-state index contributed by atoms with van der Waals surface area (Å²) in [6, 6.07) is 10.4. The third-order valence-corrected chi connectivity index (χ3v) is 4.50. The van der Waals surface area contributed by atoms with Gasteiger partial charge in [-0.25, -0.2) is 4.39 Å². The summed E-state index contributed by atoms with van der Waals surface area (Å²) >= 11 is 6.26. The van der Waals surface area contributed by atoms with Crippen molar-refractivity contribution in [3.05, 3.63) is 63.9 Å². The summed E-state index contributed by atoms with van der Waals surface area (Å²) in [7, 11) is 0. The molecule has 9 heteroatoms. The third kappa shape index (κ3) is 6.93. The Kier molecular flexibility index (Phi) is 8.33. The number of anilines is 1. The smallest absolute Gasteiger partial charge is 0.323 e. The maximum atomic E-state index is 14.3. The highest BCUT2D eigenvalue weighted by Gasteiger charge is 2.23. The van der Waals surface area contributed by atoms with Crippen molar-refractivity contribution in [2.24, 2.45) is 0 Å². The van der Waals surface area contributed by atoms with Crippen molar-refractivity contribution in [3.8, 4) is 0 Å². The normalized spacial score (nSPS) is 11.6. The van der Waals surface area contributed by atoms with Crippen LogP contribution in [0.4, 0.5) is 10.1 Å². The van der Waals surface area contributed by atoms with Gasteiger partial charge in [0, 0.05) is 16.5 Å². The number of halogens is 3. The summed E-state index contributed by atoms with van der Waals surface area (Å²) in [6.45, 7) is 0.979. The summed E-state index contributed by atoms with van der Waals surface area (Å²) in [5, 5.41) is 8.78. The molecule has 0 saturated heterocycles. The van der Waals surface area contributed by atoms with Crippen LogP contribution in [0.3, 0.4) is 0 Å². The Balaban J connectivity index is 2.25. The predicted molar refractivity (Wildman–Crippen MR) is 113 cm³/mol. The molecule has 0 aliphatic heterocycles. The molecule has 0 aromatic heterocycles. The first-order valence-corrected chi connectivity index (χ1v) is 10.3. The molecular weight excluding hydrogens is 513 g/mol. The van der Waals surface area contributed by atoms with E-state index in [2.05, 4.69) is 31.9 Å². The van der Waals surface area contributed by atoms with Gasteiger partial charge in [0.2, 0.25) is 0 Å². The van der Waals surface area contributed by atoms with Gasteiger partial charge in [0.05, 0.1) is 5.69 Å². The molecule has 1 atom stereocenters. The standard InChI is InChI=1S/C20H18Br2FNO5/c1-12(21)29-19(27)8-5-13-3-2-4-14(9-13)20(28)24(11-18(25)26)17-7-6-15(22)10-16(17)23/h2-4,6-7,9-10,12H,5,8,11H2,1H3,(H,25,26). The number of amides is 1. The second kappa shape index (κ2) is 10.5. The zero-order chi connectivity index (χ0) is 21.6. The number of ether oxygens (including phenoxy) is 1. The van der Waals surface area contributed by atoms with Gasteiger partial charge >= 0.3 is 11.9 Å². The van der Waals surface area contributed by atoms with Crippen LogP contribution in [0.2, 0.25) is 0 Å². The van der Waals surface area contributed by atoms with Gasteiger partial charge in [-0.1, -0.05) is 28.1 Å². The Morgan fingerprint density at radius 2 is 1.93 bits per heavy atom. The van der Waals surface area contributed by atoms with Gasteiger partial charge in [0.25, 0.3) is 5.91 Å². The summed E-state index contributed by atoms with van der Waals surface area (Å²) in [4.78, 5) is 36.7. The Morgan fingerprint density at radius 1 is 1.21 bits per heavy atom. The van der Waals surface area contributed by atoms with E-state index in [0.29, 0.717) is 16.5 Å². The number of rotatable bonds is 8. The number of esters is 1. The average molecular weight is 531 g/mol. The fraction of sp³-hybridized carbons (Fsp3) is 0.250. The summed E-state index contributed by atoms with van der Waals surface area (Å²) in [6.07, 6.45) is 0.457. The van der Waals surface area contributed by atoms with Crippen molar-refractivity contribution >= 4 is 55.4 Å². The molecule has 1 amide bonds. The quantitative estimate of drug-likeness (QED) is 0.400. The lowest BCUT2D eigenvalue weighted by Crippen LogP contribution is -2.36. The van der Waals surface area contributed by atoms with Crippen LogP contribution in [0.15, 0.2) is 46.9 Å². The summed E-state index contributed by atoms with van der Waals surface area (Å²) in [5.41, 5.74) is 0.746. The monoisotopic (exact) mass is 529 g/mol. The van der Waals surface area contributed by atoms with Gasteiger partial charge in [-0.2, -0.15) is 0 Å². The number of aryl methyl sites for hydroxylation is 1. The van der Waals surface area contributed by atoms with Crippen LogP contribution in [-0.2, 0) is 20.7 Å². The van der Waals surface area contributed by atoms with Crippen LogP contribution in [0, 0.1) is 5.82 Å². The molecule has 154 valence electrons. The van der Waals surface area contributed by atoms with Crippen molar-refractivity contribution in [3.63, 3.8) is 0 Å². The van der Waals surface area contributed by atoms with Crippen LogP contribution in [-0.4, -0.2) is 34.5 Å². The first-order chi connectivity index (χ1) is 13.7. The predicted octanol–water partition coefficient (Wildman–Crippen LogP) is 4.54. The molecule has 0 bridgehead atoms. The zero-order valence-electron chi connectivity index (χ0n) is 15.4. The number of carbonyl (C=O) groups is 3. The Labute approximate surface area is 183 Å². The maximum absolute atomic E-state index is 14.3. The van der Waals surface area contributed by atoms with Crippen LogP contribution < -0.4 is 4.90 Å². The number of carbonyl (C=O) groups excluding carboxylic acids is 2. The lowest BCUT2D eigenvalue weighted by Gasteiger charge is -2.22. The molecule has 2 aromatic carbocycles. The molecule has 0 fully saturated rings. The lowest BCUT2D eigenvalue weighted by atomic mass is 10.1. The van der Waals surface area contributed by atoms with Crippen LogP contribution in [0.1, 0.15) is 29.3 Å². The number of alkyl halides is 1. The highest BCUT2D eigenvalue weighted by Crippen LogP contribution is 2.25. The summed E-state index contributed by atoms with van der Waals surface area (Å²) < 4.78 is 19.8. The highest BCUT2D eigenvalue weighted by atomic mass is 79.9. The van der Waals surface area contributed by atoms with E-state index in [1.807, 2.05) is 0 Å². The molecule has 0 spiro atoms. The molecule has 2 rings (SSSR count). The molecule has 2 aromatic rings. The zero-order valence-corrected chi connectivity index (χ0v) is 18.6. The largest absolute Gasteiger partial charge is 0.480 e. The van der Waals surface area contributed by atoms with Gasteiger partial charge in [0.15, 0.2) is 5.01 Å². The van der Waals surface area contributed by atoms with Gasteiger partial charge in [0.1, 0.15) is 12.4 Å².